The van der Waals surface area contributed by atoms with Crippen molar-refractivity contribution >= 4 is 32.5 Å². The van der Waals surface area contributed by atoms with Crippen molar-refractivity contribution in [2.24, 2.45) is 0 Å². The molecule has 1 heterocycles. The van der Waals surface area contributed by atoms with Crippen molar-refractivity contribution in [2.45, 2.75) is 6.54 Å². The molecule has 2 aromatic carbocycles. The molecule has 0 amide bonds. The Hall–Kier alpha value is -1.81. The molecule has 96 valence electrons. The van der Waals surface area contributed by atoms with E-state index in [-0.39, 0.29) is 0 Å². The first-order chi connectivity index (χ1) is 9.33. The third-order valence-electron chi connectivity index (χ3n) is 3.05. The van der Waals surface area contributed by atoms with Gasteiger partial charge in [-0.05, 0) is 30.3 Å². The smallest absolute Gasteiger partial charge is 0.0683 e. The van der Waals surface area contributed by atoms with Gasteiger partial charge in [0.2, 0.25) is 0 Å². The summed E-state index contributed by atoms with van der Waals surface area (Å²) >= 11 is 3.43. The minimum absolute atomic E-state index is 0.851. The molecule has 3 nitrogen and oxygen atoms in total. The van der Waals surface area contributed by atoms with Gasteiger partial charge in [-0.15, -0.1) is 0 Å². The third-order valence-corrected chi connectivity index (χ3v) is 3.58. The molecule has 1 aromatic heterocycles. The average molecular weight is 316 g/mol. The molecule has 0 radical (unpaired) electrons. The SMILES string of the molecule is Brc1ccc(NCCn2ncc3ccccc32)cc1. The van der Waals surface area contributed by atoms with Crippen LogP contribution in [0.1, 0.15) is 0 Å². The van der Waals surface area contributed by atoms with Crippen LogP contribution in [0.3, 0.4) is 0 Å². The molecule has 4 heteroatoms. The maximum absolute atomic E-state index is 4.41. The Morgan fingerprint density at radius 3 is 2.68 bits per heavy atom. The molecule has 3 rings (SSSR count). The van der Waals surface area contributed by atoms with Crippen LogP contribution in [0.4, 0.5) is 5.69 Å². The van der Waals surface area contributed by atoms with E-state index < -0.39 is 0 Å². The number of benzene rings is 2. The molecular weight excluding hydrogens is 302 g/mol. The lowest BCUT2D eigenvalue weighted by atomic mass is 10.2. The minimum Gasteiger partial charge on any atom is -0.383 e. The van der Waals surface area contributed by atoms with Crippen molar-refractivity contribution in [2.75, 3.05) is 11.9 Å². The second-order valence-corrected chi connectivity index (χ2v) is 5.28. The lowest BCUT2D eigenvalue weighted by Gasteiger charge is -2.07. The average Bonchev–Trinajstić information content (AvgIpc) is 2.85. The Morgan fingerprint density at radius 2 is 1.84 bits per heavy atom. The van der Waals surface area contributed by atoms with Crippen molar-refractivity contribution in [1.29, 1.82) is 0 Å². The molecule has 3 aromatic rings. The van der Waals surface area contributed by atoms with E-state index in [0.717, 1.165) is 23.2 Å². The number of hydrogen-bond donors (Lipinski definition) is 1. The summed E-state index contributed by atoms with van der Waals surface area (Å²) in [6, 6.07) is 16.5. The summed E-state index contributed by atoms with van der Waals surface area (Å²) in [6.45, 7) is 1.71. The van der Waals surface area contributed by atoms with Gasteiger partial charge in [0.1, 0.15) is 0 Å². The highest BCUT2D eigenvalue weighted by atomic mass is 79.9. The van der Waals surface area contributed by atoms with Crippen LogP contribution in [0.25, 0.3) is 10.9 Å². The monoisotopic (exact) mass is 315 g/mol. The Morgan fingerprint density at radius 1 is 1.05 bits per heavy atom. The second kappa shape index (κ2) is 5.45. The van der Waals surface area contributed by atoms with Gasteiger partial charge in [0.05, 0.1) is 18.3 Å². The first kappa shape index (κ1) is 12.2. The van der Waals surface area contributed by atoms with E-state index in [0.29, 0.717) is 0 Å². The number of para-hydroxylation sites is 1. The molecular formula is C15H14BrN3. The van der Waals surface area contributed by atoms with E-state index in [4.69, 9.17) is 0 Å². The van der Waals surface area contributed by atoms with E-state index in [9.17, 15) is 0 Å². The maximum Gasteiger partial charge on any atom is 0.0683 e. The number of hydrogen-bond acceptors (Lipinski definition) is 2. The number of aromatic nitrogens is 2. The summed E-state index contributed by atoms with van der Waals surface area (Å²) in [5.74, 6) is 0. The summed E-state index contributed by atoms with van der Waals surface area (Å²) in [4.78, 5) is 0. The first-order valence-corrected chi connectivity index (χ1v) is 7.02. The Bertz CT molecular complexity index is 673. The van der Waals surface area contributed by atoms with Gasteiger partial charge in [0.25, 0.3) is 0 Å². The lowest BCUT2D eigenvalue weighted by molar-refractivity contribution is 0.660. The summed E-state index contributed by atoms with van der Waals surface area (Å²) < 4.78 is 3.12. The van der Waals surface area contributed by atoms with Crippen LogP contribution < -0.4 is 5.32 Å². The van der Waals surface area contributed by atoms with Gasteiger partial charge < -0.3 is 5.32 Å². The molecule has 0 saturated carbocycles. The van der Waals surface area contributed by atoms with Gasteiger partial charge in [-0.2, -0.15) is 5.10 Å². The molecule has 0 unspecified atom stereocenters. The zero-order chi connectivity index (χ0) is 13.1. The molecule has 0 bridgehead atoms. The highest BCUT2D eigenvalue weighted by molar-refractivity contribution is 9.10. The van der Waals surface area contributed by atoms with Gasteiger partial charge in [-0.25, -0.2) is 0 Å². The maximum atomic E-state index is 4.41. The van der Waals surface area contributed by atoms with Gasteiger partial charge in [0.15, 0.2) is 0 Å². The second-order valence-electron chi connectivity index (χ2n) is 4.36. The van der Waals surface area contributed by atoms with Crippen LogP contribution in [0.5, 0.6) is 0 Å². The largest absolute Gasteiger partial charge is 0.383 e. The van der Waals surface area contributed by atoms with E-state index >= 15 is 0 Å². The topological polar surface area (TPSA) is 29.9 Å². The molecule has 0 aliphatic carbocycles. The predicted octanol–water partition coefficient (Wildman–Crippen LogP) is 3.91. The fraction of sp³-hybridized carbons (Fsp3) is 0.133. The molecule has 0 spiro atoms. The van der Waals surface area contributed by atoms with Crippen molar-refractivity contribution in [3.05, 3.63) is 59.2 Å². The zero-order valence-corrected chi connectivity index (χ0v) is 12.0. The van der Waals surface area contributed by atoms with Crippen LogP contribution in [0.2, 0.25) is 0 Å². The summed E-state index contributed by atoms with van der Waals surface area (Å²) in [5.41, 5.74) is 2.31. The van der Waals surface area contributed by atoms with E-state index in [1.807, 2.05) is 35.1 Å². The molecule has 0 fully saturated rings. The number of fused-ring (bicyclic) bond motifs is 1. The van der Waals surface area contributed by atoms with Crippen LogP contribution in [-0.2, 0) is 6.54 Å². The van der Waals surface area contributed by atoms with E-state index in [1.165, 1.54) is 10.9 Å². The number of rotatable bonds is 4. The van der Waals surface area contributed by atoms with Gasteiger partial charge in [0, 0.05) is 22.1 Å². The minimum atomic E-state index is 0.851. The standard InChI is InChI=1S/C15H14BrN3/c16-13-5-7-14(8-6-13)17-9-10-19-15-4-2-1-3-12(15)11-18-19/h1-8,11,17H,9-10H2. The van der Waals surface area contributed by atoms with Crippen molar-refractivity contribution in [3.8, 4) is 0 Å². The molecule has 0 aliphatic rings. The van der Waals surface area contributed by atoms with Crippen LogP contribution in [0, 0.1) is 0 Å². The first-order valence-electron chi connectivity index (χ1n) is 6.23. The normalized spacial score (nSPS) is 10.8. The van der Waals surface area contributed by atoms with Crippen LogP contribution in [0.15, 0.2) is 59.2 Å². The highest BCUT2D eigenvalue weighted by Gasteiger charge is 2.00. The number of anilines is 1. The van der Waals surface area contributed by atoms with Crippen LogP contribution >= 0.6 is 15.9 Å². The van der Waals surface area contributed by atoms with E-state index in [1.54, 1.807) is 0 Å². The van der Waals surface area contributed by atoms with Gasteiger partial charge >= 0.3 is 0 Å². The number of nitrogens with one attached hydrogen (secondary N) is 1. The summed E-state index contributed by atoms with van der Waals surface area (Å²) in [7, 11) is 0. The Labute approximate surface area is 120 Å². The highest BCUT2D eigenvalue weighted by Crippen LogP contribution is 2.15. The zero-order valence-electron chi connectivity index (χ0n) is 10.4. The Balaban J connectivity index is 1.65. The summed E-state index contributed by atoms with van der Waals surface area (Å²) in [6.07, 6.45) is 1.91. The number of nitrogens with zero attached hydrogens (tertiary/aromatic N) is 2. The fourth-order valence-electron chi connectivity index (χ4n) is 2.08. The Kier molecular flexibility index (Phi) is 3.51. The van der Waals surface area contributed by atoms with Gasteiger partial charge in [-0.3, -0.25) is 4.68 Å². The van der Waals surface area contributed by atoms with E-state index in [2.05, 4.69) is 50.6 Å². The molecule has 19 heavy (non-hydrogen) atoms. The third kappa shape index (κ3) is 2.79. The lowest BCUT2D eigenvalue weighted by Crippen LogP contribution is -2.11. The van der Waals surface area contributed by atoms with Gasteiger partial charge in [-0.1, -0.05) is 34.1 Å². The quantitative estimate of drug-likeness (QED) is 0.791. The summed E-state index contributed by atoms with van der Waals surface area (Å²) in [5, 5.41) is 8.99. The molecule has 0 saturated heterocycles. The predicted molar refractivity (Wildman–Crippen MR) is 82.4 cm³/mol. The molecule has 0 atom stereocenters. The fourth-order valence-corrected chi connectivity index (χ4v) is 2.34. The van der Waals surface area contributed by atoms with Crippen molar-refractivity contribution in [1.82, 2.24) is 9.78 Å². The molecule has 1 N–H and O–H groups in total. The van der Waals surface area contributed by atoms with Crippen molar-refractivity contribution in [3.63, 3.8) is 0 Å². The molecule has 0 aliphatic heterocycles. The number of halogens is 1. The van der Waals surface area contributed by atoms with Crippen molar-refractivity contribution < 1.29 is 0 Å². The van der Waals surface area contributed by atoms with Crippen LogP contribution in [-0.4, -0.2) is 16.3 Å².